The lowest BCUT2D eigenvalue weighted by Crippen LogP contribution is -2.12. The summed E-state index contributed by atoms with van der Waals surface area (Å²) in [5.74, 6) is 0. The van der Waals surface area contributed by atoms with Crippen molar-refractivity contribution in [1.82, 2.24) is 5.32 Å². The molecule has 0 aliphatic carbocycles. The maximum Gasteiger partial charge on any atom is 0.134 e. The van der Waals surface area contributed by atoms with Crippen molar-refractivity contribution in [2.24, 2.45) is 0 Å². The molecule has 0 spiro atoms. The maximum absolute atomic E-state index is 5.56. The van der Waals surface area contributed by atoms with Crippen LogP contribution in [0, 0.1) is 0 Å². The maximum atomic E-state index is 5.56. The van der Waals surface area contributed by atoms with E-state index in [-0.39, 0.29) is 0 Å². The van der Waals surface area contributed by atoms with E-state index in [2.05, 4.69) is 27.3 Å². The Hall–Kier alpha value is -0.800. The fourth-order valence-corrected chi connectivity index (χ4v) is 2.60. The molecule has 15 heavy (non-hydrogen) atoms. The third kappa shape index (κ3) is 1.60. The molecule has 3 heteroatoms. The summed E-state index contributed by atoms with van der Waals surface area (Å²) >= 11 is 3.50. The van der Waals surface area contributed by atoms with Crippen LogP contribution in [-0.4, -0.2) is 6.54 Å². The van der Waals surface area contributed by atoms with Crippen LogP contribution in [0.1, 0.15) is 24.4 Å². The third-order valence-corrected chi connectivity index (χ3v) is 3.49. The molecular weight excluding hydrogens is 254 g/mol. The molecule has 1 aromatic heterocycles. The lowest BCUT2D eigenvalue weighted by Gasteiger charge is -2.07. The standard InChI is InChI=1S/C12H12BrNO/c13-8-3-4-12-9(6-8)10(7-15-12)11-2-1-5-14-11/h3-4,6-7,11,14H,1-2,5H2. The number of rotatable bonds is 1. The van der Waals surface area contributed by atoms with Crippen molar-refractivity contribution in [1.29, 1.82) is 0 Å². The predicted molar refractivity (Wildman–Crippen MR) is 63.9 cm³/mol. The lowest BCUT2D eigenvalue weighted by atomic mass is 10.0. The van der Waals surface area contributed by atoms with Crippen molar-refractivity contribution in [3.63, 3.8) is 0 Å². The number of hydrogen-bond acceptors (Lipinski definition) is 2. The first-order chi connectivity index (χ1) is 7.34. The Bertz CT molecular complexity index is 485. The zero-order valence-corrected chi connectivity index (χ0v) is 9.88. The molecule has 1 aromatic carbocycles. The molecule has 1 aliphatic heterocycles. The van der Waals surface area contributed by atoms with Gasteiger partial charge in [0, 0.05) is 21.5 Å². The lowest BCUT2D eigenvalue weighted by molar-refractivity contribution is 0.586. The van der Waals surface area contributed by atoms with Crippen molar-refractivity contribution in [2.45, 2.75) is 18.9 Å². The monoisotopic (exact) mass is 265 g/mol. The number of nitrogens with one attached hydrogen (secondary N) is 1. The zero-order valence-electron chi connectivity index (χ0n) is 8.29. The van der Waals surface area contributed by atoms with Crippen molar-refractivity contribution in [3.05, 3.63) is 34.5 Å². The van der Waals surface area contributed by atoms with Gasteiger partial charge in [0.05, 0.1) is 6.26 Å². The molecule has 78 valence electrons. The van der Waals surface area contributed by atoms with E-state index in [4.69, 9.17) is 4.42 Å². The van der Waals surface area contributed by atoms with Crippen LogP contribution < -0.4 is 5.32 Å². The molecule has 1 saturated heterocycles. The van der Waals surface area contributed by atoms with Crippen LogP contribution >= 0.6 is 15.9 Å². The summed E-state index contributed by atoms with van der Waals surface area (Å²) in [6.45, 7) is 1.12. The van der Waals surface area contributed by atoms with Crippen LogP contribution in [0.2, 0.25) is 0 Å². The zero-order chi connectivity index (χ0) is 10.3. The quantitative estimate of drug-likeness (QED) is 0.852. The van der Waals surface area contributed by atoms with E-state index >= 15 is 0 Å². The predicted octanol–water partition coefficient (Wildman–Crippen LogP) is 3.62. The summed E-state index contributed by atoms with van der Waals surface area (Å²) in [5, 5.41) is 4.72. The van der Waals surface area contributed by atoms with Gasteiger partial charge in [-0.3, -0.25) is 0 Å². The fourth-order valence-electron chi connectivity index (χ4n) is 2.24. The van der Waals surface area contributed by atoms with Crippen LogP contribution in [0.3, 0.4) is 0 Å². The van der Waals surface area contributed by atoms with E-state index in [1.807, 2.05) is 18.4 Å². The Labute approximate surface area is 96.8 Å². The van der Waals surface area contributed by atoms with Crippen molar-refractivity contribution >= 4 is 26.9 Å². The van der Waals surface area contributed by atoms with Gasteiger partial charge >= 0.3 is 0 Å². The van der Waals surface area contributed by atoms with E-state index < -0.39 is 0 Å². The number of fused-ring (bicyclic) bond motifs is 1. The highest BCUT2D eigenvalue weighted by atomic mass is 79.9. The number of hydrogen-bond donors (Lipinski definition) is 1. The van der Waals surface area contributed by atoms with E-state index in [9.17, 15) is 0 Å². The molecule has 3 rings (SSSR count). The highest BCUT2D eigenvalue weighted by molar-refractivity contribution is 9.10. The van der Waals surface area contributed by atoms with Gasteiger partial charge in [-0.1, -0.05) is 15.9 Å². The second-order valence-electron chi connectivity index (χ2n) is 3.98. The smallest absolute Gasteiger partial charge is 0.134 e. The van der Waals surface area contributed by atoms with Gasteiger partial charge in [-0.2, -0.15) is 0 Å². The van der Waals surface area contributed by atoms with Gasteiger partial charge in [-0.25, -0.2) is 0 Å². The van der Waals surface area contributed by atoms with Crippen LogP contribution in [0.15, 0.2) is 33.4 Å². The van der Waals surface area contributed by atoms with E-state index in [0.29, 0.717) is 6.04 Å². The fraction of sp³-hybridized carbons (Fsp3) is 0.333. The molecule has 0 amide bonds. The van der Waals surface area contributed by atoms with E-state index in [1.54, 1.807) is 0 Å². The molecule has 0 bridgehead atoms. The Morgan fingerprint density at radius 3 is 3.13 bits per heavy atom. The highest BCUT2D eigenvalue weighted by Crippen LogP contribution is 2.32. The first-order valence-corrected chi connectivity index (χ1v) is 6.04. The van der Waals surface area contributed by atoms with Gasteiger partial charge in [-0.05, 0) is 37.6 Å². The summed E-state index contributed by atoms with van der Waals surface area (Å²) in [6.07, 6.45) is 4.35. The summed E-state index contributed by atoms with van der Waals surface area (Å²) in [5.41, 5.74) is 2.27. The van der Waals surface area contributed by atoms with Gasteiger partial charge in [-0.15, -0.1) is 0 Å². The van der Waals surface area contributed by atoms with Gasteiger partial charge in [0.15, 0.2) is 0 Å². The Morgan fingerprint density at radius 1 is 1.40 bits per heavy atom. The van der Waals surface area contributed by atoms with Crippen molar-refractivity contribution < 1.29 is 4.42 Å². The van der Waals surface area contributed by atoms with Crippen LogP contribution in [-0.2, 0) is 0 Å². The molecule has 1 unspecified atom stereocenters. The van der Waals surface area contributed by atoms with Crippen molar-refractivity contribution in [3.8, 4) is 0 Å². The third-order valence-electron chi connectivity index (χ3n) is 3.00. The molecule has 1 fully saturated rings. The second-order valence-corrected chi connectivity index (χ2v) is 4.90. The summed E-state index contributed by atoms with van der Waals surface area (Å²) < 4.78 is 6.66. The Balaban J connectivity index is 2.13. The van der Waals surface area contributed by atoms with Gasteiger partial charge in [0.25, 0.3) is 0 Å². The summed E-state index contributed by atoms with van der Waals surface area (Å²) in [7, 11) is 0. The normalized spacial score (nSPS) is 21.3. The molecule has 1 atom stereocenters. The first-order valence-electron chi connectivity index (χ1n) is 5.24. The highest BCUT2D eigenvalue weighted by Gasteiger charge is 2.20. The Kier molecular flexibility index (Phi) is 2.29. The van der Waals surface area contributed by atoms with Crippen LogP contribution in [0.5, 0.6) is 0 Å². The van der Waals surface area contributed by atoms with E-state index in [0.717, 1.165) is 16.6 Å². The number of halogens is 1. The minimum Gasteiger partial charge on any atom is -0.464 e. The minimum absolute atomic E-state index is 0.473. The SMILES string of the molecule is Brc1ccc2occ(C3CCCN3)c2c1. The average molecular weight is 266 g/mol. The topological polar surface area (TPSA) is 25.2 Å². The molecule has 0 saturated carbocycles. The number of furan rings is 1. The molecule has 2 heterocycles. The van der Waals surface area contributed by atoms with Gasteiger partial charge in [0.2, 0.25) is 0 Å². The van der Waals surface area contributed by atoms with Gasteiger partial charge < -0.3 is 9.73 Å². The first kappa shape index (κ1) is 9.43. The van der Waals surface area contributed by atoms with E-state index in [1.165, 1.54) is 23.8 Å². The summed E-state index contributed by atoms with van der Waals surface area (Å²) in [4.78, 5) is 0. The van der Waals surface area contributed by atoms with Crippen molar-refractivity contribution in [2.75, 3.05) is 6.54 Å². The molecule has 0 radical (unpaired) electrons. The largest absolute Gasteiger partial charge is 0.464 e. The second kappa shape index (κ2) is 3.65. The van der Waals surface area contributed by atoms with Crippen LogP contribution in [0.25, 0.3) is 11.0 Å². The molecule has 1 N–H and O–H groups in total. The number of benzene rings is 1. The molecular formula is C12H12BrNO. The van der Waals surface area contributed by atoms with Gasteiger partial charge in [0.1, 0.15) is 5.58 Å². The molecule has 2 aromatic rings. The molecule has 2 nitrogen and oxygen atoms in total. The average Bonchev–Trinajstić information content (AvgIpc) is 2.83. The Morgan fingerprint density at radius 2 is 2.33 bits per heavy atom. The summed E-state index contributed by atoms with van der Waals surface area (Å²) in [6, 6.07) is 6.63. The minimum atomic E-state index is 0.473. The molecule has 1 aliphatic rings. The van der Waals surface area contributed by atoms with Crippen LogP contribution in [0.4, 0.5) is 0 Å².